The minimum Gasteiger partial charge on any atom is -0.494 e. The summed E-state index contributed by atoms with van der Waals surface area (Å²) in [6.07, 6.45) is 0. The predicted octanol–water partition coefficient (Wildman–Crippen LogP) is 3.37. The van der Waals surface area contributed by atoms with Crippen molar-refractivity contribution in [2.75, 3.05) is 25.1 Å². The van der Waals surface area contributed by atoms with E-state index in [0.717, 1.165) is 17.0 Å². The Hall–Kier alpha value is -3.48. The van der Waals surface area contributed by atoms with Gasteiger partial charge in [0.15, 0.2) is 0 Å². The standard InChI is InChI=1S/C22H25N3O4/c1-3-28-17-12-10-16(11-13-17)23-14-18-19(21(26)29-4-2)20(25-22(27)24-18)15-8-6-5-7-9-15/h5-13,20,23H,3-4,14H2,1-2H3,(H2,24,25,27)/t20-/m0/s1. The van der Waals surface area contributed by atoms with Gasteiger partial charge in [0, 0.05) is 5.69 Å². The number of anilines is 1. The second-order valence-electron chi connectivity index (χ2n) is 6.37. The highest BCUT2D eigenvalue weighted by Gasteiger charge is 2.33. The van der Waals surface area contributed by atoms with Crippen LogP contribution in [0.1, 0.15) is 25.5 Å². The lowest BCUT2D eigenvalue weighted by atomic mass is 9.95. The Morgan fingerprint density at radius 1 is 1.03 bits per heavy atom. The van der Waals surface area contributed by atoms with Gasteiger partial charge in [-0.1, -0.05) is 30.3 Å². The average Bonchev–Trinajstić information content (AvgIpc) is 2.74. The molecule has 3 rings (SSSR count). The molecule has 1 heterocycles. The van der Waals surface area contributed by atoms with E-state index < -0.39 is 12.0 Å². The summed E-state index contributed by atoms with van der Waals surface area (Å²) in [4.78, 5) is 25.0. The van der Waals surface area contributed by atoms with Crippen molar-refractivity contribution in [3.8, 4) is 5.75 Å². The Bertz CT molecular complexity index is 879. The summed E-state index contributed by atoms with van der Waals surface area (Å²) < 4.78 is 10.7. The summed E-state index contributed by atoms with van der Waals surface area (Å²) in [5.74, 6) is 0.320. The van der Waals surface area contributed by atoms with E-state index in [2.05, 4.69) is 16.0 Å². The molecule has 3 N–H and O–H groups in total. The maximum atomic E-state index is 12.7. The number of esters is 1. The lowest BCUT2D eigenvalue weighted by Crippen LogP contribution is -2.47. The van der Waals surface area contributed by atoms with Crippen molar-refractivity contribution in [1.82, 2.24) is 10.6 Å². The van der Waals surface area contributed by atoms with Crippen LogP contribution in [0.25, 0.3) is 0 Å². The van der Waals surface area contributed by atoms with E-state index in [9.17, 15) is 9.59 Å². The van der Waals surface area contributed by atoms with Gasteiger partial charge < -0.3 is 25.4 Å². The molecule has 0 spiro atoms. The highest BCUT2D eigenvalue weighted by molar-refractivity contribution is 5.95. The van der Waals surface area contributed by atoms with Crippen molar-refractivity contribution in [2.24, 2.45) is 0 Å². The molecule has 0 fully saturated rings. The molecule has 0 bridgehead atoms. The Kier molecular flexibility index (Phi) is 6.73. The first-order valence-electron chi connectivity index (χ1n) is 9.61. The number of rotatable bonds is 8. The minimum absolute atomic E-state index is 0.247. The molecule has 1 aliphatic heterocycles. The van der Waals surface area contributed by atoms with Crippen LogP contribution < -0.4 is 20.7 Å². The van der Waals surface area contributed by atoms with Crippen LogP contribution in [0.5, 0.6) is 5.75 Å². The van der Waals surface area contributed by atoms with Gasteiger partial charge in [-0.3, -0.25) is 0 Å². The number of amides is 2. The third-order valence-corrected chi connectivity index (χ3v) is 4.42. The second-order valence-corrected chi connectivity index (χ2v) is 6.37. The zero-order valence-corrected chi connectivity index (χ0v) is 16.5. The minimum atomic E-state index is -0.582. The molecule has 2 aromatic carbocycles. The Balaban J connectivity index is 1.87. The van der Waals surface area contributed by atoms with Crippen LogP contribution in [-0.4, -0.2) is 31.8 Å². The first-order valence-corrected chi connectivity index (χ1v) is 9.61. The lowest BCUT2D eigenvalue weighted by Gasteiger charge is -2.29. The van der Waals surface area contributed by atoms with Crippen molar-refractivity contribution >= 4 is 17.7 Å². The van der Waals surface area contributed by atoms with Crippen LogP contribution in [0.2, 0.25) is 0 Å². The Morgan fingerprint density at radius 2 is 1.76 bits per heavy atom. The summed E-state index contributed by atoms with van der Waals surface area (Å²) in [5.41, 5.74) is 2.52. The van der Waals surface area contributed by atoms with Gasteiger partial charge in [-0.25, -0.2) is 9.59 Å². The van der Waals surface area contributed by atoms with Crippen molar-refractivity contribution in [3.63, 3.8) is 0 Å². The van der Waals surface area contributed by atoms with Crippen LogP contribution in [0.15, 0.2) is 65.9 Å². The number of urea groups is 1. The zero-order chi connectivity index (χ0) is 20.6. The van der Waals surface area contributed by atoms with Crippen LogP contribution in [-0.2, 0) is 9.53 Å². The number of carbonyl (C=O) groups is 2. The van der Waals surface area contributed by atoms with E-state index in [1.54, 1.807) is 6.92 Å². The lowest BCUT2D eigenvalue weighted by molar-refractivity contribution is -0.139. The predicted molar refractivity (Wildman–Crippen MR) is 111 cm³/mol. The van der Waals surface area contributed by atoms with Crippen molar-refractivity contribution in [3.05, 3.63) is 71.4 Å². The highest BCUT2D eigenvalue weighted by Crippen LogP contribution is 2.28. The molecule has 0 unspecified atom stereocenters. The number of benzene rings is 2. The third kappa shape index (κ3) is 5.07. The van der Waals surface area contributed by atoms with E-state index in [1.807, 2.05) is 61.5 Å². The SMILES string of the molecule is CCOC(=O)C1=C(CNc2ccc(OCC)cc2)NC(=O)N[C@H]1c1ccccc1. The molecular formula is C22H25N3O4. The highest BCUT2D eigenvalue weighted by atomic mass is 16.5. The topological polar surface area (TPSA) is 88.7 Å². The van der Waals surface area contributed by atoms with Gasteiger partial charge in [0.05, 0.1) is 37.1 Å². The molecule has 0 aromatic heterocycles. The molecule has 1 atom stereocenters. The average molecular weight is 395 g/mol. The second kappa shape index (κ2) is 9.64. The fourth-order valence-corrected chi connectivity index (χ4v) is 3.13. The van der Waals surface area contributed by atoms with Gasteiger partial charge >= 0.3 is 12.0 Å². The van der Waals surface area contributed by atoms with E-state index in [0.29, 0.717) is 17.9 Å². The van der Waals surface area contributed by atoms with Crippen LogP contribution in [0, 0.1) is 0 Å². The van der Waals surface area contributed by atoms with Gasteiger partial charge in [0.2, 0.25) is 0 Å². The molecule has 0 radical (unpaired) electrons. The molecular weight excluding hydrogens is 370 g/mol. The van der Waals surface area contributed by atoms with Gasteiger partial charge in [0.1, 0.15) is 5.75 Å². The number of nitrogens with one attached hydrogen (secondary N) is 3. The van der Waals surface area contributed by atoms with E-state index in [1.165, 1.54) is 0 Å². The number of hydrogen-bond acceptors (Lipinski definition) is 5. The monoisotopic (exact) mass is 395 g/mol. The van der Waals surface area contributed by atoms with Crippen LogP contribution >= 0.6 is 0 Å². The van der Waals surface area contributed by atoms with Gasteiger partial charge in [-0.15, -0.1) is 0 Å². The first-order chi connectivity index (χ1) is 14.1. The summed E-state index contributed by atoms with van der Waals surface area (Å²) in [7, 11) is 0. The Morgan fingerprint density at radius 3 is 2.41 bits per heavy atom. The van der Waals surface area contributed by atoms with Gasteiger partial charge in [-0.2, -0.15) is 0 Å². The van der Waals surface area contributed by atoms with Gasteiger partial charge in [0.25, 0.3) is 0 Å². The molecule has 1 aliphatic rings. The van der Waals surface area contributed by atoms with Crippen LogP contribution in [0.4, 0.5) is 10.5 Å². The fourth-order valence-electron chi connectivity index (χ4n) is 3.13. The summed E-state index contributed by atoms with van der Waals surface area (Å²) in [5, 5.41) is 8.81. The molecule has 2 aromatic rings. The number of ether oxygens (including phenoxy) is 2. The summed E-state index contributed by atoms with van der Waals surface area (Å²) >= 11 is 0. The Labute approximate surface area is 170 Å². The number of hydrogen-bond donors (Lipinski definition) is 3. The maximum Gasteiger partial charge on any atom is 0.338 e. The van der Waals surface area contributed by atoms with Crippen molar-refractivity contribution in [2.45, 2.75) is 19.9 Å². The maximum absolute atomic E-state index is 12.7. The van der Waals surface area contributed by atoms with E-state index >= 15 is 0 Å². The molecule has 7 heteroatoms. The molecule has 0 aliphatic carbocycles. The molecule has 29 heavy (non-hydrogen) atoms. The van der Waals surface area contributed by atoms with Crippen LogP contribution in [0.3, 0.4) is 0 Å². The largest absolute Gasteiger partial charge is 0.494 e. The summed E-state index contributed by atoms with van der Waals surface area (Å²) in [6.45, 7) is 4.79. The quantitative estimate of drug-likeness (QED) is 0.597. The number of carbonyl (C=O) groups excluding carboxylic acids is 2. The normalized spacial score (nSPS) is 15.9. The fraction of sp³-hybridized carbons (Fsp3) is 0.273. The zero-order valence-electron chi connectivity index (χ0n) is 16.5. The third-order valence-electron chi connectivity index (χ3n) is 4.42. The molecule has 0 saturated heterocycles. The van der Waals surface area contributed by atoms with Crippen molar-refractivity contribution < 1.29 is 19.1 Å². The first kappa shape index (κ1) is 20.3. The molecule has 152 valence electrons. The smallest absolute Gasteiger partial charge is 0.338 e. The summed E-state index contributed by atoms with van der Waals surface area (Å²) in [6, 6.07) is 15.9. The molecule has 7 nitrogen and oxygen atoms in total. The van der Waals surface area contributed by atoms with Gasteiger partial charge in [-0.05, 0) is 43.7 Å². The van der Waals surface area contributed by atoms with E-state index in [-0.39, 0.29) is 19.2 Å². The van der Waals surface area contributed by atoms with E-state index in [4.69, 9.17) is 9.47 Å². The van der Waals surface area contributed by atoms with Crippen molar-refractivity contribution in [1.29, 1.82) is 0 Å². The molecule has 2 amide bonds. The molecule has 0 saturated carbocycles.